The van der Waals surface area contributed by atoms with Crippen LogP contribution in [0.5, 0.6) is 5.75 Å². The van der Waals surface area contributed by atoms with Gasteiger partial charge in [0.25, 0.3) is 5.91 Å². The molecule has 6 nitrogen and oxygen atoms in total. The number of thiazole rings is 1. The third-order valence-corrected chi connectivity index (χ3v) is 5.12. The van der Waals surface area contributed by atoms with Gasteiger partial charge in [-0.3, -0.25) is 4.79 Å². The van der Waals surface area contributed by atoms with Gasteiger partial charge >= 0.3 is 5.97 Å². The fourth-order valence-corrected chi connectivity index (χ4v) is 3.57. The molecule has 0 aliphatic heterocycles. The van der Waals surface area contributed by atoms with Crippen LogP contribution in [0.4, 0.5) is 0 Å². The number of nitrogens with two attached hydrogens (primary N) is 1. The van der Waals surface area contributed by atoms with E-state index < -0.39 is 11.9 Å². The Morgan fingerprint density at radius 3 is 2.71 bits per heavy atom. The Kier molecular flexibility index (Phi) is 6.28. The van der Waals surface area contributed by atoms with E-state index in [0.29, 0.717) is 26.4 Å². The molecule has 0 bridgehead atoms. The molecule has 8 heteroatoms. The van der Waals surface area contributed by atoms with Crippen molar-refractivity contribution in [2.45, 2.75) is 13.5 Å². The summed E-state index contributed by atoms with van der Waals surface area (Å²) < 4.78 is 10.7. The highest BCUT2D eigenvalue weighted by Crippen LogP contribution is 2.30. The Morgan fingerprint density at radius 1 is 1.18 bits per heavy atom. The first-order chi connectivity index (χ1) is 13.4. The minimum atomic E-state index is -0.562. The first-order valence-electron chi connectivity index (χ1n) is 8.33. The first kappa shape index (κ1) is 19.9. The maximum Gasteiger partial charge on any atom is 0.350 e. The topological polar surface area (TPSA) is 91.5 Å². The predicted octanol–water partition coefficient (Wildman–Crippen LogP) is 3.99. The van der Waals surface area contributed by atoms with E-state index in [-0.39, 0.29) is 13.2 Å². The zero-order valence-electron chi connectivity index (χ0n) is 15.0. The van der Waals surface area contributed by atoms with Crippen molar-refractivity contribution in [2.24, 2.45) is 5.73 Å². The van der Waals surface area contributed by atoms with E-state index in [0.717, 1.165) is 11.1 Å². The Hall–Kier alpha value is -2.90. The molecule has 3 rings (SSSR count). The van der Waals surface area contributed by atoms with Crippen LogP contribution in [0.25, 0.3) is 10.6 Å². The Morgan fingerprint density at radius 2 is 1.96 bits per heavy atom. The molecule has 0 unspecified atom stereocenters. The van der Waals surface area contributed by atoms with Gasteiger partial charge in [-0.05, 0) is 36.8 Å². The molecule has 2 N–H and O–H groups in total. The maximum atomic E-state index is 12.5. The zero-order valence-corrected chi connectivity index (χ0v) is 16.5. The average molecular weight is 417 g/mol. The molecule has 0 spiro atoms. The number of amides is 1. The second kappa shape index (κ2) is 8.86. The van der Waals surface area contributed by atoms with Crippen LogP contribution in [0.15, 0.2) is 48.5 Å². The van der Waals surface area contributed by atoms with Crippen LogP contribution in [-0.4, -0.2) is 23.5 Å². The van der Waals surface area contributed by atoms with E-state index in [4.69, 9.17) is 26.8 Å². The quantitative estimate of drug-likeness (QED) is 0.588. The second-order valence-corrected chi connectivity index (χ2v) is 7.36. The lowest BCUT2D eigenvalue weighted by molar-refractivity contribution is -0.119. The number of nitrogens with zero attached hydrogens (tertiary/aromatic N) is 1. The van der Waals surface area contributed by atoms with Gasteiger partial charge in [-0.1, -0.05) is 35.9 Å². The van der Waals surface area contributed by atoms with Gasteiger partial charge in [0.2, 0.25) is 0 Å². The summed E-state index contributed by atoms with van der Waals surface area (Å²) in [5.74, 6) is -0.538. The van der Waals surface area contributed by atoms with Crippen LogP contribution in [0.1, 0.15) is 20.9 Å². The molecule has 1 amide bonds. The number of rotatable bonds is 7. The molecule has 0 aliphatic carbocycles. The Bertz CT molecular complexity index is 1020. The van der Waals surface area contributed by atoms with Crippen LogP contribution < -0.4 is 10.5 Å². The van der Waals surface area contributed by atoms with Crippen molar-refractivity contribution in [3.8, 4) is 16.3 Å². The summed E-state index contributed by atoms with van der Waals surface area (Å²) in [6, 6.07) is 14.2. The number of hydrogen-bond donors (Lipinski definition) is 1. The largest absolute Gasteiger partial charge is 0.484 e. The molecule has 1 heterocycles. The van der Waals surface area contributed by atoms with Gasteiger partial charge in [-0.15, -0.1) is 11.3 Å². The number of benzene rings is 2. The molecule has 0 fully saturated rings. The normalized spacial score (nSPS) is 10.5. The van der Waals surface area contributed by atoms with Gasteiger partial charge in [0, 0.05) is 10.6 Å². The lowest BCUT2D eigenvalue weighted by Gasteiger charge is -2.07. The average Bonchev–Trinajstić information content (AvgIpc) is 3.07. The molecule has 3 aromatic rings. The van der Waals surface area contributed by atoms with Crippen LogP contribution in [-0.2, 0) is 16.1 Å². The molecule has 0 atom stereocenters. The number of aryl methyl sites for hydroxylation is 1. The standard InChI is InChI=1S/C20H17ClN2O4S/c1-12-18(28-19(23-12)14-5-3-6-15(21)9-14)20(25)27-10-13-4-2-7-16(8-13)26-11-17(22)24/h2-9H,10-11H2,1H3,(H2,22,24). The van der Waals surface area contributed by atoms with Gasteiger partial charge < -0.3 is 15.2 Å². The number of esters is 1. The van der Waals surface area contributed by atoms with E-state index in [1.807, 2.05) is 12.1 Å². The minimum Gasteiger partial charge on any atom is -0.484 e. The first-order valence-corrected chi connectivity index (χ1v) is 9.52. The van der Waals surface area contributed by atoms with Crippen molar-refractivity contribution in [3.05, 3.63) is 69.7 Å². The summed E-state index contributed by atoms with van der Waals surface area (Å²) in [5, 5.41) is 1.31. The maximum absolute atomic E-state index is 12.5. The molecule has 0 saturated carbocycles. The summed E-state index contributed by atoms with van der Waals surface area (Å²) in [7, 11) is 0. The van der Waals surface area contributed by atoms with E-state index >= 15 is 0 Å². The zero-order chi connectivity index (χ0) is 20.1. The van der Waals surface area contributed by atoms with Crippen molar-refractivity contribution in [1.82, 2.24) is 4.98 Å². The summed E-state index contributed by atoms with van der Waals surface area (Å²) in [6.45, 7) is 1.62. The smallest absolute Gasteiger partial charge is 0.350 e. The number of aromatic nitrogens is 1. The van der Waals surface area contributed by atoms with Crippen molar-refractivity contribution in [2.75, 3.05) is 6.61 Å². The van der Waals surface area contributed by atoms with Gasteiger partial charge in [0.15, 0.2) is 6.61 Å². The van der Waals surface area contributed by atoms with Gasteiger partial charge in [0.05, 0.1) is 5.69 Å². The van der Waals surface area contributed by atoms with Crippen molar-refractivity contribution in [3.63, 3.8) is 0 Å². The van der Waals surface area contributed by atoms with Crippen molar-refractivity contribution in [1.29, 1.82) is 0 Å². The van der Waals surface area contributed by atoms with Crippen molar-refractivity contribution < 1.29 is 19.1 Å². The van der Waals surface area contributed by atoms with Crippen LogP contribution >= 0.6 is 22.9 Å². The molecular formula is C20H17ClN2O4S. The fourth-order valence-electron chi connectivity index (χ4n) is 2.42. The van der Waals surface area contributed by atoms with E-state index in [1.54, 1.807) is 43.3 Å². The highest BCUT2D eigenvalue weighted by molar-refractivity contribution is 7.17. The number of hydrogen-bond acceptors (Lipinski definition) is 6. The molecule has 0 aliphatic rings. The molecule has 0 radical (unpaired) electrons. The molecular weight excluding hydrogens is 400 g/mol. The minimum absolute atomic E-state index is 0.0659. The SMILES string of the molecule is Cc1nc(-c2cccc(Cl)c2)sc1C(=O)OCc1cccc(OCC(N)=O)c1. The number of halogens is 1. The molecule has 144 valence electrons. The van der Waals surface area contributed by atoms with Gasteiger partial charge in [0.1, 0.15) is 22.2 Å². The number of primary amides is 1. The van der Waals surface area contributed by atoms with Crippen LogP contribution in [0, 0.1) is 6.92 Å². The lowest BCUT2D eigenvalue weighted by Crippen LogP contribution is -2.20. The third kappa shape index (κ3) is 5.09. The predicted molar refractivity (Wildman–Crippen MR) is 108 cm³/mol. The van der Waals surface area contributed by atoms with Crippen molar-refractivity contribution >= 4 is 34.8 Å². The summed E-state index contributed by atoms with van der Waals surface area (Å²) in [4.78, 5) is 28.2. The van der Waals surface area contributed by atoms with E-state index in [1.165, 1.54) is 11.3 Å². The fraction of sp³-hybridized carbons (Fsp3) is 0.150. The summed E-state index contributed by atoms with van der Waals surface area (Å²) in [5.41, 5.74) is 7.24. The summed E-state index contributed by atoms with van der Waals surface area (Å²) in [6.07, 6.45) is 0. The van der Waals surface area contributed by atoms with Crippen LogP contribution in [0.2, 0.25) is 5.02 Å². The molecule has 28 heavy (non-hydrogen) atoms. The van der Waals surface area contributed by atoms with E-state index in [2.05, 4.69) is 4.98 Å². The lowest BCUT2D eigenvalue weighted by atomic mass is 10.2. The Balaban J connectivity index is 1.67. The monoisotopic (exact) mass is 416 g/mol. The number of ether oxygens (including phenoxy) is 2. The molecule has 1 aromatic heterocycles. The third-order valence-electron chi connectivity index (χ3n) is 3.70. The van der Waals surface area contributed by atoms with E-state index in [9.17, 15) is 9.59 Å². The number of carbonyl (C=O) groups excluding carboxylic acids is 2. The highest BCUT2D eigenvalue weighted by Gasteiger charge is 2.18. The molecule has 2 aromatic carbocycles. The van der Waals surface area contributed by atoms with Gasteiger partial charge in [-0.25, -0.2) is 9.78 Å². The van der Waals surface area contributed by atoms with Gasteiger partial charge in [-0.2, -0.15) is 0 Å². The second-order valence-electron chi connectivity index (χ2n) is 5.92. The number of carbonyl (C=O) groups is 2. The highest BCUT2D eigenvalue weighted by atomic mass is 35.5. The summed E-state index contributed by atoms with van der Waals surface area (Å²) >= 11 is 7.28. The Labute approximate surface area is 170 Å². The molecule has 0 saturated heterocycles. The van der Waals surface area contributed by atoms with Crippen LogP contribution in [0.3, 0.4) is 0 Å².